The van der Waals surface area contributed by atoms with Crippen molar-refractivity contribution in [2.45, 2.75) is 38.5 Å². The van der Waals surface area contributed by atoms with E-state index in [1.54, 1.807) is 17.8 Å². The van der Waals surface area contributed by atoms with Crippen molar-refractivity contribution in [1.82, 2.24) is 25.1 Å². The highest BCUT2D eigenvalue weighted by Gasteiger charge is 2.13. The van der Waals surface area contributed by atoms with Crippen LogP contribution in [0.15, 0.2) is 11.4 Å². The maximum Gasteiger partial charge on any atom is 0.407 e. The Morgan fingerprint density at radius 1 is 1.43 bits per heavy atom. The fourth-order valence-corrected chi connectivity index (χ4v) is 2.38. The van der Waals surface area contributed by atoms with Crippen LogP contribution >= 0.6 is 11.8 Å². The average Bonchev–Trinajstić information content (AvgIpc) is 2.90. The van der Waals surface area contributed by atoms with Crippen LogP contribution in [0.4, 0.5) is 10.6 Å². The van der Waals surface area contributed by atoms with E-state index in [9.17, 15) is 4.79 Å². The van der Waals surface area contributed by atoms with E-state index in [0.29, 0.717) is 24.9 Å². The zero-order valence-electron chi connectivity index (χ0n) is 13.8. The van der Waals surface area contributed by atoms with Gasteiger partial charge in [-0.15, -0.1) is 0 Å². The standard InChI is InChI=1S/C14H22N6O2S/c1-5-22-14(21)15-6-7-20-12-10(8-16-20)11(17-9(2)3)18-13(19-12)23-4/h8-9H,5-7H2,1-4H3,(H,15,21)(H,17,18,19). The zero-order chi connectivity index (χ0) is 16.8. The Morgan fingerprint density at radius 2 is 2.22 bits per heavy atom. The van der Waals surface area contributed by atoms with Crippen LogP contribution in [0.5, 0.6) is 0 Å². The number of fused-ring (bicyclic) bond motifs is 1. The van der Waals surface area contributed by atoms with E-state index in [0.717, 1.165) is 16.9 Å². The van der Waals surface area contributed by atoms with Gasteiger partial charge in [-0.3, -0.25) is 0 Å². The minimum atomic E-state index is -0.425. The number of rotatable bonds is 7. The quantitative estimate of drug-likeness (QED) is 0.590. The van der Waals surface area contributed by atoms with Gasteiger partial charge < -0.3 is 15.4 Å². The Balaban J connectivity index is 2.19. The van der Waals surface area contributed by atoms with Crippen molar-refractivity contribution < 1.29 is 9.53 Å². The molecule has 2 rings (SSSR count). The van der Waals surface area contributed by atoms with E-state index in [1.807, 2.05) is 6.26 Å². The first-order valence-corrected chi connectivity index (χ1v) is 8.72. The number of alkyl carbamates (subject to hydrolysis) is 1. The first kappa shape index (κ1) is 17.3. The van der Waals surface area contributed by atoms with Crippen LogP contribution in [0.25, 0.3) is 11.0 Å². The van der Waals surface area contributed by atoms with Crippen molar-refractivity contribution in [2.24, 2.45) is 0 Å². The molecule has 0 saturated heterocycles. The number of aromatic nitrogens is 4. The van der Waals surface area contributed by atoms with Gasteiger partial charge in [0.2, 0.25) is 0 Å². The number of carbonyl (C=O) groups is 1. The van der Waals surface area contributed by atoms with Crippen molar-refractivity contribution in [3.63, 3.8) is 0 Å². The van der Waals surface area contributed by atoms with E-state index < -0.39 is 6.09 Å². The Hall–Kier alpha value is -2.03. The highest BCUT2D eigenvalue weighted by atomic mass is 32.2. The molecule has 126 valence electrons. The molecule has 0 aliphatic rings. The number of hydrogen-bond donors (Lipinski definition) is 2. The molecule has 0 radical (unpaired) electrons. The van der Waals surface area contributed by atoms with E-state index in [2.05, 4.69) is 39.5 Å². The summed E-state index contributed by atoms with van der Waals surface area (Å²) in [6.45, 7) is 7.16. The molecule has 0 aliphatic carbocycles. The number of amides is 1. The summed E-state index contributed by atoms with van der Waals surface area (Å²) in [5, 5.41) is 11.9. The van der Waals surface area contributed by atoms with Gasteiger partial charge in [-0.1, -0.05) is 11.8 Å². The summed E-state index contributed by atoms with van der Waals surface area (Å²) in [6.07, 6.45) is 3.25. The van der Waals surface area contributed by atoms with Gasteiger partial charge in [0.15, 0.2) is 10.8 Å². The van der Waals surface area contributed by atoms with Gasteiger partial charge in [-0.2, -0.15) is 5.10 Å². The largest absolute Gasteiger partial charge is 0.450 e. The molecule has 0 atom stereocenters. The summed E-state index contributed by atoms with van der Waals surface area (Å²) in [4.78, 5) is 20.3. The smallest absolute Gasteiger partial charge is 0.407 e. The van der Waals surface area contributed by atoms with E-state index in [4.69, 9.17) is 4.74 Å². The van der Waals surface area contributed by atoms with Gasteiger partial charge in [-0.25, -0.2) is 19.4 Å². The van der Waals surface area contributed by atoms with Crippen molar-refractivity contribution in [3.8, 4) is 0 Å². The molecule has 0 fully saturated rings. The predicted octanol–water partition coefficient (Wildman–Crippen LogP) is 2.11. The molecular formula is C14H22N6O2S. The molecule has 0 aliphatic heterocycles. The molecule has 2 aromatic heterocycles. The van der Waals surface area contributed by atoms with Crippen LogP contribution < -0.4 is 10.6 Å². The second-order valence-electron chi connectivity index (χ2n) is 5.11. The summed E-state index contributed by atoms with van der Waals surface area (Å²) >= 11 is 1.48. The number of nitrogens with zero attached hydrogens (tertiary/aromatic N) is 4. The van der Waals surface area contributed by atoms with Crippen LogP contribution in [0.1, 0.15) is 20.8 Å². The Kier molecular flexibility index (Phi) is 6.03. The van der Waals surface area contributed by atoms with Gasteiger partial charge in [0.25, 0.3) is 0 Å². The molecule has 2 aromatic rings. The molecule has 1 amide bonds. The number of thioether (sulfide) groups is 1. The lowest BCUT2D eigenvalue weighted by atomic mass is 10.3. The van der Waals surface area contributed by atoms with Crippen LogP contribution in [-0.2, 0) is 11.3 Å². The van der Waals surface area contributed by atoms with Gasteiger partial charge in [0, 0.05) is 12.6 Å². The van der Waals surface area contributed by atoms with Crippen molar-refractivity contribution in [3.05, 3.63) is 6.20 Å². The van der Waals surface area contributed by atoms with Crippen molar-refractivity contribution in [1.29, 1.82) is 0 Å². The SMILES string of the molecule is CCOC(=O)NCCn1ncc2c(NC(C)C)nc(SC)nc21. The highest BCUT2D eigenvalue weighted by molar-refractivity contribution is 7.98. The fourth-order valence-electron chi connectivity index (χ4n) is 2.02. The molecule has 0 aromatic carbocycles. The second-order valence-corrected chi connectivity index (χ2v) is 5.88. The summed E-state index contributed by atoms with van der Waals surface area (Å²) in [5.74, 6) is 0.777. The fraction of sp³-hybridized carbons (Fsp3) is 0.571. The second kappa shape index (κ2) is 8.00. The van der Waals surface area contributed by atoms with Crippen LogP contribution in [-0.4, -0.2) is 51.3 Å². The van der Waals surface area contributed by atoms with Crippen LogP contribution in [0.3, 0.4) is 0 Å². The first-order chi connectivity index (χ1) is 11.0. The molecule has 2 heterocycles. The summed E-state index contributed by atoms with van der Waals surface area (Å²) < 4.78 is 6.59. The molecule has 8 nitrogen and oxygen atoms in total. The van der Waals surface area contributed by atoms with Crippen molar-refractivity contribution >= 4 is 34.7 Å². The Labute approximate surface area is 139 Å². The lowest BCUT2D eigenvalue weighted by Gasteiger charge is -2.11. The third-order valence-electron chi connectivity index (χ3n) is 2.95. The molecule has 0 spiro atoms. The molecular weight excluding hydrogens is 316 g/mol. The lowest BCUT2D eigenvalue weighted by molar-refractivity contribution is 0.152. The summed E-state index contributed by atoms with van der Waals surface area (Å²) in [7, 11) is 0. The molecule has 9 heteroatoms. The van der Waals surface area contributed by atoms with E-state index >= 15 is 0 Å². The zero-order valence-corrected chi connectivity index (χ0v) is 14.6. The topological polar surface area (TPSA) is 94.0 Å². The molecule has 0 saturated carbocycles. The molecule has 0 bridgehead atoms. The molecule has 23 heavy (non-hydrogen) atoms. The van der Waals surface area contributed by atoms with Crippen LogP contribution in [0, 0.1) is 0 Å². The lowest BCUT2D eigenvalue weighted by Crippen LogP contribution is -2.28. The number of hydrogen-bond acceptors (Lipinski definition) is 7. The molecule has 0 unspecified atom stereocenters. The summed E-state index contributed by atoms with van der Waals surface area (Å²) in [5.41, 5.74) is 0.748. The Bertz CT molecular complexity index is 673. The molecule has 2 N–H and O–H groups in total. The summed E-state index contributed by atoms with van der Waals surface area (Å²) in [6, 6.07) is 0.261. The maximum atomic E-state index is 11.3. The number of carbonyl (C=O) groups excluding carboxylic acids is 1. The van der Waals surface area contributed by atoms with E-state index in [-0.39, 0.29) is 6.04 Å². The van der Waals surface area contributed by atoms with Crippen molar-refractivity contribution in [2.75, 3.05) is 24.7 Å². The Morgan fingerprint density at radius 3 is 2.87 bits per heavy atom. The number of nitrogens with one attached hydrogen (secondary N) is 2. The van der Waals surface area contributed by atoms with Gasteiger partial charge in [-0.05, 0) is 27.0 Å². The third kappa shape index (κ3) is 4.47. The van der Waals surface area contributed by atoms with Gasteiger partial charge in [0.1, 0.15) is 5.82 Å². The minimum absolute atomic E-state index is 0.261. The highest BCUT2D eigenvalue weighted by Crippen LogP contribution is 2.23. The predicted molar refractivity (Wildman–Crippen MR) is 90.9 cm³/mol. The average molecular weight is 338 g/mol. The third-order valence-corrected chi connectivity index (χ3v) is 3.50. The van der Waals surface area contributed by atoms with Gasteiger partial charge in [0.05, 0.1) is 24.7 Å². The monoisotopic (exact) mass is 338 g/mol. The first-order valence-electron chi connectivity index (χ1n) is 7.49. The van der Waals surface area contributed by atoms with Crippen LogP contribution in [0.2, 0.25) is 0 Å². The number of ether oxygens (including phenoxy) is 1. The normalized spacial score (nSPS) is 11.0. The maximum absolute atomic E-state index is 11.3. The number of anilines is 1. The van der Waals surface area contributed by atoms with E-state index in [1.165, 1.54) is 11.8 Å². The minimum Gasteiger partial charge on any atom is -0.450 e. The van der Waals surface area contributed by atoms with Gasteiger partial charge >= 0.3 is 6.09 Å².